The second-order valence-corrected chi connectivity index (χ2v) is 9.10. The molecule has 0 radical (unpaired) electrons. The molecule has 164 valence electrons. The molecule has 3 heterocycles. The van der Waals surface area contributed by atoms with Crippen molar-refractivity contribution in [1.29, 1.82) is 0 Å². The summed E-state index contributed by atoms with van der Waals surface area (Å²) in [4.78, 5) is 13.9. The van der Waals surface area contributed by atoms with E-state index in [4.69, 9.17) is 5.10 Å². The molecule has 0 aliphatic rings. The third-order valence-electron chi connectivity index (χ3n) is 4.96. The van der Waals surface area contributed by atoms with Crippen LogP contribution in [0.1, 0.15) is 0 Å². The van der Waals surface area contributed by atoms with Crippen molar-refractivity contribution in [2.24, 2.45) is 7.05 Å². The number of anilines is 1. The zero-order chi connectivity index (χ0) is 22.6. The molecule has 9 heteroatoms. The molecule has 5 rings (SSSR count). The number of aromatic nitrogens is 5. The average Bonchev–Trinajstić information content (AvgIpc) is 3.59. The Kier molecular flexibility index (Phi) is 6.05. The molecule has 0 aliphatic carbocycles. The monoisotopic (exact) mass is 472 g/mol. The van der Waals surface area contributed by atoms with E-state index in [1.165, 1.54) is 11.8 Å². The number of thiophene rings is 1. The van der Waals surface area contributed by atoms with E-state index in [0.29, 0.717) is 11.0 Å². The van der Waals surface area contributed by atoms with E-state index < -0.39 is 0 Å². The molecule has 1 N–H and O–H groups in total. The zero-order valence-electron chi connectivity index (χ0n) is 17.8. The predicted molar refractivity (Wildman–Crippen MR) is 133 cm³/mol. The minimum Gasteiger partial charge on any atom is -0.310 e. The average molecular weight is 473 g/mol. The SMILES string of the molecule is Cn1c(SCC(=O)Nc2cc(-c3ccccc3)nn2-c2ccccc2)nnc1-c1cccs1. The molecular formula is C24H20N6OS2. The van der Waals surface area contributed by atoms with Gasteiger partial charge in [-0.1, -0.05) is 66.4 Å². The lowest BCUT2D eigenvalue weighted by atomic mass is 10.2. The first-order valence-corrected chi connectivity index (χ1v) is 12.1. The number of rotatable bonds is 7. The summed E-state index contributed by atoms with van der Waals surface area (Å²) in [7, 11) is 1.91. The second-order valence-electron chi connectivity index (χ2n) is 7.21. The summed E-state index contributed by atoms with van der Waals surface area (Å²) in [6.45, 7) is 0. The van der Waals surface area contributed by atoms with E-state index in [0.717, 1.165) is 27.6 Å². The number of benzene rings is 2. The van der Waals surface area contributed by atoms with Gasteiger partial charge in [0.2, 0.25) is 5.91 Å². The fraction of sp³-hybridized carbons (Fsp3) is 0.0833. The van der Waals surface area contributed by atoms with Crippen molar-refractivity contribution in [3.8, 4) is 27.6 Å². The fourth-order valence-electron chi connectivity index (χ4n) is 3.36. The first-order valence-electron chi connectivity index (χ1n) is 10.3. The quantitative estimate of drug-likeness (QED) is 0.332. The fourth-order valence-corrected chi connectivity index (χ4v) is 4.81. The minimum atomic E-state index is -0.141. The molecule has 7 nitrogen and oxygen atoms in total. The Morgan fingerprint density at radius 1 is 1.00 bits per heavy atom. The summed E-state index contributed by atoms with van der Waals surface area (Å²) in [5, 5.41) is 19.0. The van der Waals surface area contributed by atoms with Crippen LogP contribution in [-0.4, -0.2) is 36.2 Å². The van der Waals surface area contributed by atoms with Crippen molar-refractivity contribution in [3.63, 3.8) is 0 Å². The molecule has 2 aromatic carbocycles. The molecule has 0 saturated carbocycles. The molecule has 0 bridgehead atoms. The molecule has 0 atom stereocenters. The largest absolute Gasteiger partial charge is 0.310 e. The molecule has 33 heavy (non-hydrogen) atoms. The summed E-state index contributed by atoms with van der Waals surface area (Å²) in [5.41, 5.74) is 2.64. The van der Waals surface area contributed by atoms with E-state index in [-0.39, 0.29) is 11.7 Å². The normalized spacial score (nSPS) is 10.9. The Labute approximate surface area is 199 Å². The van der Waals surface area contributed by atoms with E-state index in [2.05, 4.69) is 15.5 Å². The Balaban J connectivity index is 1.34. The van der Waals surface area contributed by atoms with Gasteiger partial charge >= 0.3 is 0 Å². The van der Waals surface area contributed by atoms with Crippen LogP contribution in [0.4, 0.5) is 5.82 Å². The smallest absolute Gasteiger partial charge is 0.236 e. The van der Waals surface area contributed by atoms with Gasteiger partial charge in [0.15, 0.2) is 11.0 Å². The lowest BCUT2D eigenvalue weighted by Crippen LogP contribution is -2.17. The van der Waals surface area contributed by atoms with Crippen molar-refractivity contribution in [2.75, 3.05) is 11.1 Å². The highest BCUT2D eigenvalue weighted by Crippen LogP contribution is 2.27. The molecule has 0 fully saturated rings. The lowest BCUT2D eigenvalue weighted by molar-refractivity contribution is -0.113. The van der Waals surface area contributed by atoms with Crippen molar-refractivity contribution >= 4 is 34.8 Å². The Bertz CT molecular complexity index is 1360. The number of thioether (sulfide) groups is 1. The van der Waals surface area contributed by atoms with E-state index in [1.807, 2.05) is 95.9 Å². The number of carbonyl (C=O) groups is 1. The number of hydrogen-bond donors (Lipinski definition) is 1. The highest BCUT2D eigenvalue weighted by atomic mass is 32.2. The second kappa shape index (κ2) is 9.43. The number of amides is 1. The van der Waals surface area contributed by atoms with Crippen LogP contribution in [0.5, 0.6) is 0 Å². The van der Waals surface area contributed by atoms with Crippen LogP contribution in [0, 0.1) is 0 Å². The zero-order valence-corrected chi connectivity index (χ0v) is 19.4. The first kappa shape index (κ1) is 21.2. The van der Waals surface area contributed by atoms with E-state index in [9.17, 15) is 4.79 Å². The highest BCUT2D eigenvalue weighted by Gasteiger charge is 2.16. The first-order chi connectivity index (χ1) is 16.2. The van der Waals surface area contributed by atoms with E-state index >= 15 is 0 Å². The number of nitrogens with zero attached hydrogens (tertiary/aromatic N) is 5. The van der Waals surface area contributed by atoms with Crippen LogP contribution >= 0.6 is 23.1 Å². The van der Waals surface area contributed by atoms with Crippen molar-refractivity contribution in [3.05, 3.63) is 84.2 Å². The van der Waals surface area contributed by atoms with Gasteiger partial charge in [0.25, 0.3) is 0 Å². The molecule has 0 unspecified atom stereocenters. The Hall–Kier alpha value is -3.69. The molecule has 0 saturated heterocycles. The van der Waals surface area contributed by atoms with E-state index in [1.54, 1.807) is 16.0 Å². The maximum Gasteiger partial charge on any atom is 0.236 e. The molecular weight excluding hydrogens is 452 g/mol. The maximum absolute atomic E-state index is 12.8. The van der Waals surface area contributed by atoms with Crippen LogP contribution in [0.25, 0.3) is 27.6 Å². The summed E-state index contributed by atoms with van der Waals surface area (Å²) in [5.74, 6) is 1.47. The third kappa shape index (κ3) is 4.59. The van der Waals surface area contributed by atoms with Gasteiger partial charge in [0.1, 0.15) is 5.82 Å². The van der Waals surface area contributed by atoms with Crippen LogP contribution in [-0.2, 0) is 11.8 Å². The maximum atomic E-state index is 12.8. The molecule has 0 aliphatic heterocycles. The Morgan fingerprint density at radius 3 is 2.48 bits per heavy atom. The van der Waals surface area contributed by atoms with Gasteiger partial charge in [-0.3, -0.25) is 4.79 Å². The van der Waals surface area contributed by atoms with Gasteiger partial charge in [-0.05, 0) is 23.6 Å². The van der Waals surface area contributed by atoms with Crippen molar-refractivity contribution in [2.45, 2.75) is 5.16 Å². The molecule has 3 aromatic heterocycles. The summed E-state index contributed by atoms with van der Waals surface area (Å²) in [6.07, 6.45) is 0. The van der Waals surface area contributed by atoms with Crippen LogP contribution in [0.2, 0.25) is 0 Å². The minimum absolute atomic E-state index is 0.141. The van der Waals surface area contributed by atoms with Crippen molar-refractivity contribution in [1.82, 2.24) is 24.5 Å². The highest BCUT2D eigenvalue weighted by molar-refractivity contribution is 7.99. The van der Waals surface area contributed by atoms with Crippen LogP contribution in [0.15, 0.2) is 89.4 Å². The van der Waals surface area contributed by atoms with Gasteiger partial charge in [-0.15, -0.1) is 21.5 Å². The Morgan fingerprint density at radius 2 is 1.76 bits per heavy atom. The van der Waals surface area contributed by atoms with Gasteiger partial charge in [0, 0.05) is 18.7 Å². The predicted octanol–water partition coefficient (Wildman–Crippen LogP) is 5.13. The van der Waals surface area contributed by atoms with Crippen LogP contribution in [0.3, 0.4) is 0 Å². The molecule has 0 spiro atoms. The number of hydrogen-bond acceptors (Lipinski definition) is 6. The number of carbonyl (C=O) groups excluding carboxylic acids is 1. The summed E-state index contributed by atoms with van der Waals surface area (Å²) in [6, 6.07) is 25.5. The molecule has 1 amide bonds. The standard InChI is InChI=1S/C24H20N6OS2/c1-29-23(20-13-8-14-32-20)26-27-24(29)33-16-22(31)25-21-15-19(17-9-4-2-5-10-17)28-30(21)18-11-6-3-7-12-18/h2-15H,16H2,1H3,(H,25,31). The van der Waals surface area contributed by atoms with Gasteiger partial charge < -0.3 is 9.88 Å². The summed E-state index contributed by atoms with van der Waals surface area (Å²) < 4.78 is 3.66. The molecule has 5 aromatic rings. The van der Waals surface area contributed by atoms with Crippen LogP contribution < -0.4 is 5.32 Å². The summed E-state index contributed by atoms with van der Waals surface area (Å²) >= 11 is 2.96. The topological polar surface area (TPSA) is 77.6 Å². The lowest BCUT2D eigenvalue weighted by Gasteiger charge is -2.08. The van der Waals surface area contributed by atoms with Crippen molar-refractivity contribution < 1.29 is 4.79 Å². The third-order valence-corrected chi connectivity index (χ3v) is 6.84. The van der Waals surface area contributed by atoms with Gasteiger partial charge in [-0.2, -0.15) is 5.10 Å². The number of nitrogens with one attached hydrogen (secondary N) is 1. The van der Waals surface area contributed by atoms with Gasteiger partial charge in [0.05, 0.1) is 22.0 Å². The number of para-hydroxylation sites is 1. The van der Waals surface area contributed by atoms with Gasteiger partial charge in [-0.25, -0.2) is 4.68 Å².